The van der Waals surface area contributed by atoms with Gasteiger partial charge in [-0.1, -0.05) is 37.3 Å². The summed E-state index contributed by atoms with van der Waals surface area (Å²) in [6, 6.07) is 10.4. The molecule has 0 bridgehead atoms. The average Bonchev–Trinajstić information content (AvgIpc) is 2.70. The van der Waals surface area contributed by atoms with Crippen molar-refractivity contribution in [1.82, 2.24) is 4.90 Å². The average molecular weight is 409 g/mol. The minimum atomic E-state index is -4.81. The van der Waals surface area contributed by atoms with Crippen molar-refractivity contribution >= 4 is 11.9 Å². The van der Waals surface area contributed by atoms with Crippen molar-refractivity contribution < 1.29 is 32.6 Å². The van der Waals surface area contributed by atoms with E-state index in [0.29, 0.717) is 10.6 Å². The van der Waals surface area contributed by atoms with Crippen molar-refractivity contribution in [2.75, 3.05) is 13.7 Å². The van der Waals surface area contributed by atoms with E-state index in [9.17, 15) is 27.9 Å². The highest BCUT2D eigenvalue weighted by Crippen LogP contribution is 2.39. The molecular formula is C21H22F3NO4. The zero-order valence-corrected chi connectivity index (χ0v) is 16.0. The summed E-state index contributed by atoms with van der Waals surface area (Å²) in [5, 5.41) is 9.36. The number of carbonyl (C=O) groups is 2. The lowest BCUT2D eigenvalue weighted by Crippen LogP contribution is -2.45. The molecule has 0 aliphatic carbocycles. The van der Waals surface area contributed by atoms with Crippen LogP contribution in [-0.4, -0.2) is 41.7 Å². The van der Waals surface area contributed by atoms with Crippen LogP contribution in [0.4, 0.5) is 13.2 Å². The number of nitrogens with zero attached hydrogens (tertiary/aromatic N) is 1. The van der Waals surface area contributed by atoms with Crippen molar-refractivity contribution in [2.45, 2.75) is 25.6 Å². The van der Waals surface area contributed by atoms with Gasteiger partial charge in [0.15, 0.2) is 6.04 Å². The molecule has 0 fully saturated rings. The Balaban J connectivity index is 2.56. The molecule has 29 heavy (non-hydrogen) atoms. The molecule has 0 aliphatic rings. The number of ether oxygens (including phenoxy) is 1. The number of hydrogen-bond donors (Lipinski definition) is 1. The Hall–Kier alpha value is -3.03. The normalized spacial score (nSPS) is 13.4. The minimum Gasteiger partial charge on any atom is -0.497 e. The first-order valence-electron chi connectivity index (χ1n) is 8.98. The summed E-state index contributed by atoms with van der Waals surface area (Å²) in [5.74, 6) is -2.91. The quantitative estimate of drug-likeness (QED) is 0.695. The fourth-order valence-corrected chi connectivity index (χ4v) is 3.00. The molecule has 0 radical (unpaired) electrons. The summed E-state index contributed by atoms with van der Waals surface area (Å²) >= 11 is 0. The van der Waals surface area contributed by atoms with Crippen LogP contribution in [0.2, 0.25) is 0 Å². The lowest BCUT2D eigenvalue weighted by atomic mass is 9.99. The molecule has 156 valence electrons. The van der Waals surface area contributed by atoms with E-state index in [4.69, 9.17) is 4.74 Å². The highest BCUT2D eigenvalue weighted by Gasteiger charge is 2.47. The number of aliphatic carboxylic acids is 1. The van der Waals surface area contributed by atoms with Crippen LogP contribution in [-0.2, 0) is 4.79 Å². The Kier molecular flexibility index (Phi) is 7.25. The first-order chi connectivity index (χ1) is 13.7. The first kappa shape index (κ1) is 22.3. The number of rotatable bonds is 8. The first-order valence-corrected chi connectivity index (χ1v) is 8.98. The molecule has 0 saturated carbocycles. The van der Waals surface area contributed by atoms with Gasteiger partial charge in [-0.25, -0.2) is 0 Å². The maximum atomic E-state index is 14.1. The zero-order valence-electron chi connectivity index (χ0n) is 16.0. The highest BCUT2D eigenvalue weighted by atomic mass is 19.4. The molecule has 2 aromatic rings. The van der Waals surface area contributed by atoms with Gasteiger partial charge in [-0.3, -0.25) is 9.59 Å². The van der Waals surface area contributed by atoms with Crippen molar-refractivity contribution in [2.24, 2.45) is 5.92 Å². The third kappa shape index (κ3) is 5.49. The van der Waals surface area contributed by atoms with E-state index < -0.39 is 36.6 Å². The molecule has 0 aromatic heterocycles. The minimum absolute atomic E-state index is 0.0514. The molecule has 0 aliphatic heterocycles. The number of methoxy groups -OCH3 is 1. The van der Waals surface area contributed by atoms with Crippen LogP contribution >= 0.6 is 0 Å². The van der Waals surface area contributed by atoms with Crippen molar-refractivity contribution in [1.29, 1.82) is 0 Å². The summed E-state index contributed by atoms with van der Waals surface area (Å²) in [7, 11) is 1.39. The van der Waals surface area contributed by atoms with Crippen molar-refractivity contribution in [3.05, 3.63) is 65.7 Å². The largest absolute Gasteiger partial charge is 0.497 e. The zero-order chi connectivity index (χ0) is 21.6. The molecule has 0 spiro atoms. The Morgan fingerprint density at radius 2 is 1.66 bits per heavy atom. The molecule has 0 heterocycles. The van der Waals surface area contributed by atoms with E-state index >= 15 is 0 Å². The molecule has 2 atom stereocenters. The SMILES string of the molecule is CCC(CN(C(=O)c1ccccc1)C(c1ccc(OC)cc1)C(F)(F)F)C(=O)O. The highest BCUT2D eigenvalue weighted by molar-refractivity contribution is 5.94. The second-order valence-electron chi connectivity index (χ2n) is 6.48. The van der Waals surface area contributed by atoms with E-state index in [-0.39, 0.29) is 17.5 Å². The van der Waals surface area contributed by atoms with Gasteiger partial charge < -0.3 is 14.7 Å². The van der Waals surface area contributed by atoms with Crippen molar-refractivity contribution in [3.8, 4) is 5.75 Å². The second-order valence-corrected chi connectivity index (χ2v) is 6.48. The smallest absolute Gasteiger partial charge is 0.413 e. The van der Waals surface area contributed by atoms with E-state index in [1.165, 1.54) is 55.6 Å². The Morgan fingerprint density at radius 3 is 2.10 bits per heavy atom. The van der Waals surface area contributed by atoms with Gasteiger partial charge in [0.2, 0.25) is 0 Å². The summed E-state index contributed by atoms with van der Waals surface area (Å²) < 4.78 is 47.3. The van der Waals surface area contributed by atoms with E-state index in [1.807, 2.05) is 0 Å². The number of carbonyl (C=O) groups excluding carboxylic acids is 1. The Morgan fingerprint density at radius 1 is 1.07 bits per heavy atom. The lowest BCUT2D eigenvalue weighted by Gasteiger charge is -2.35. The number of hydrogen-bond acceptors (Lipinski definition) is 3. The summed E-state index contributed by atoms with van der Waals surface area (Å²) in [6.07, 6.45) is -4.73. The van der Waals surface area contributed by atoms with Crippen LogP contribution in [0.15, 0.2) is 54.6 Å². The maximum Gasteiger partial charge on any atom is 0.413 e. The summed E-state index contributed by atoms with van der Waals surface area (Å²) in [6.45, 7) is 0.982. The van der Waals surface area contributed by atoms with Crippen LogP contribution in [0.25, 0.3) is 0 Å². The molecule has 8 heteroatoms. The van der Waals surface area contributed by atoms with Crippen LogP contribution in [0.5, 0.6) is 5.75 Å². The van der Waals surface area contributed by atoms with Crippen LogP contribution in [0, 0.1) is 5.92 Å². The monoisotopic (exact) mass is 409 g/mol. The molecule has 2 unspecified atom stereocenters. The Labute approximate surface area is 166 Å². The topological polar surface area (TPSA) is 66.8 Å². The number of carboxylic acids is 1. The number of carboxylic acid groups (broad SMARTS) is 1. The van der Waals surface area contributed by atoms with E-state index in [1.54, 1.807) is 13.0 Å². The molecule has 0 saturated heterocycles. The van der Waals surface area contributed by atoms with Crippen LogP contribution < -0.4 is 4.74 Å². The van der Waals surface area contributed by atoms with Gasteiger partial charge in [-0.15, -0.1) is 0 Å². The standard InChI is InChI=1S/C21H22F3NO4/c1-3-14(20(27)28)13-25(19(26)16-7-5-4-6-8-16)18(21(22,23)24)15-9-11-17(29-2)12-10-15/h4-12,14,18H,3,13H2,1-2H3,(H,27,28). The Bertz CT molecular complexity index is 822. The van der Waals surface area contributed by atoms with Gasteiger partial charge >= 0.3 is 12.1 Å². The lowest BCUT2D eigenvalue weighted by molar-refractivity contribution is -0.182. The molecule has 2 rings (SSSR count). The predicted molar refractivity (Wildman–Crippen MR) is 101 cm³/mol. The molecule has 5 nitrogen and oxygen atoms in total. The molecule has 1 N–H and O–H groups in total. The fraction of sp³-hybridized carbons (Fsp3) is 0.333. The third-order valence-corrected chi connectivity index (χ3v) is 4.59. The number of amides is 1. The van der Waals surface area contributed by atoms with Gasteiger partial charge in [-0.2, -0.15) is 13.2 Å². The van der Waals surface area contributed by atoms with Gasteiger partial charge in [-0.05, 0) is 36.2 Å². The van der Waals surface area contributed by atoms with Crippen LogP contribution in [0.3, 0.4) is 0 Å². The van der Waals surface area contributed by atoms with Gasteiger partial charge in [0.05, 0.1) is 13.0 Å². The van der Waals surface area contributed by atoms with Crippen molar-refractivity contribution in [3.63, 3.8) is 0 Å². The third-order valence-electron chi connectivity index (χ3n) is 4.59. The summed E-state index contributed by atoms with van der Waals surface area (Å²) in [5.41, 5.74) is -0.127. The number of halogens is 3. The fourth-order valence-electron chi connectivity index (χ4n) is 3.00. The van der Waals surface area contributed by atoms with E-state index in [2.05, 4.69) is 0 Å². The van der Waals surface area contributed by atoms with Gasteiger partial charge in [0.1, 0.15) is 5.75 Å². The second kappa shape index (κ2) is 9.45. The molecular weight excluding hydrogens is 387 g/mol. The predicted octanol–water partition coefficient (Wildman–Crippen LogP) is 4.55. The molecule has 1 amide bonds. The number of alkyl halides is 3. The van der Waals surface area contributed by atoms with E-state index in [0.717, 1.165) is 0 Å². The summed E-state index contributed by atoms with van der Waals surface area (Å²) in [4.78, 5) is 25.1. The van der Waals surface area contributed by atoms with Gasteiger partial charge in [0.25, 0.3) is 5.91 Å². The van der Waals surface area contributed by atoms with Crippen LogP contribution in [0.1, 0.15) is 35.3 Å². The molecule has 2 aromatic carbocycles. The maximum absolute atomic E-state index is 14.1. The number of benzene rings is 2. The van der Waals surface area contributed by atoms with Gasteiger partial charge in [0, 0.05) is 12.1 Å².